The first kappa shape index (κ1) is 12.2. The van der Waals surface area contributed by atoms with Crippen molar-refractivity contribution in [2.24, 2.45) is 0 Å². The summed E-state index contributed by atoms with van der Waals surface area (Å²) in [6.07, 6.45) is 1.58. The fourth-order valence-electron chi connectivity index (χ4n) is 1.18. The van der Waals surface area contributed by atoms with Crippen LogP contribution in [0.25, 0.3) is 10.9 Å². The molecule has 0 saturated heterocycles. The number of nitrogen functional groups attached to an aromatic ring is 2. The molecule has 0 fully saturated rings. The van der Waals surface area contributed by atoms with Gasteiger partial charge in [0.05, 0.1) is 23.1 Å². The molecule has 1 aromatic carbocycles. The van der Waals surface area contributed by atoms with Gasteiger partial charge in [0.25, 0.3) is 0 Å². The summed E-state index contributed by atoms with van der Waals surface area (Å²) in [6, 6.07) is 7.66. The van der Waals surface area contributed by atoms with Crippen molar-refractivity contribution in [2.75, 3.05) is 11.5 Å². The number of anilines is 2. The summed E-state index contributed by atoms with van der Waals surface area (Å²) >= 11 is 0. The molecule has 5 heteroatoms. The minimum Gasteiger partial charge on any atom is -0.396 e. The van der Waals surface area contributed by atoms with Gasteiger partial charge >= 0.3 is 0 Å². The van der Waals surface area contributed by atoms with Gasteiger partial charge in [0.2, 0.25) is 0 Å². The normalized spacial score (nSPS) is 8.86. The molecule has 0 aliphatic carbocycles. The molecule has 0 unspecified atom stereocenters. The quantitative estimate of drug-likeness (QED) is 0.505. The Bertz CT molecular complexity index is 426. The summed E-state index contributed by atoms with van der Waals surface area (Å²) in [4.78, 5) is 4.14. The van der Waals surface area contributed by atoms with Gasteiger partial charge in [0, 0.05) is 5.39 Å². The number of fused-ring (bicyclic) bond motifs is 1. The zero-order valence-electron chi connectivity index (χ0n) is 7.90. The van der Waals surface area contributed by atoms with Crippen molar-refractivity contribution >= 4 is 22.3 Å². The third-order valence-electron chi connectivity index (χ3n) is 1.85. The molecule has 0 aliphatic rings. The molecule has 0 radical (unpaired) electrons. The van der Waals surface area contributed by atoms with E-state index in [4.69, 9.17) is 11.5 Å². The van der Waals surface area contributed by atoms with Crippen LogP contribution in [0.2, 0.25) is 0 Å². The second kappa shape index (κ2) is 4.40. The average molecular weight is 193 g/mol. The fourth-order valence-corrected chi connectivity index (χ4v) is 1.18. The highest BCUT2D eigenvalue weighted by molar-refractivity contribution is 5.95. The molecule has 0 amide bonds. The summed E-state index contributed by atoms with van der Waals surface area (Å²) in [6.45, 7) is 0. The number of aromatic nitrogens is 1. The Kier molecular flexibility index (Phi) is 3.82. The van der Waals surface area contributed by atoms with Crippen LogP contribution >= 0.6 is 0 Å². The number of hydrogen-bond donors (Lipinski definition) is 4. The van der Waals surface area contributed by atoms with Gasteiger partial charge in [-0.15, -0.1) is 0 Å². The molecule has 0 atom stereocenters. The Labute approximate surface area is 82.3 Å². The number of pyridine rings is 1. The molecule has 0 aliphatic heterocycles. The molecular weight excluding hydrogens is 178 g/mol. The van der Waals surface area contributed by atoms with Gasteiger partial charge in [-0.2, -0.15) is 0 Å². The molecule has 1 heterocycles. The van der Waals surface area contributed by atoms with Crippen LogP contribution in [0.4, 0.5) is 11.4 Å². The standard InChI is InChI=1S/C9H9N3.2H3N/c10-7-5-12-8-4-2-1-3-6(8)9(7)11;;/h1-5H,10H2,(H2,11,12);2*1H3. The lowest BCUT2D eigenvalue weighted by Gasteiger charge is -2.02. The average Bonchev–Trinajstić information content (AvgIpc) is 2.12. The number of benzene rings is 1. The first-order valence-electron chi connectivity index (χ1n) is 3.68. The fraction of sp³-hybridized carbons (Fsp3) is 0. The number of hydrogen-bond acceptors (Lipinski definition) is 5. The number of nitrogens with zero attached hydrogens (tertiary/aromatic N) is 1. The highest BCUT2D eigenvalue weighted by Crippen LogP contribution is 2.23. The Hall–Kier alpha value is -1.85. The largest absolute Gasteiger partial charge is 0.396 e. The minimum absolute atomic E-state index is 0. The van der Waals surface area contributed by atoms with E-state index in [0.717, 1.165) is 10.9 Å². The highest BCUT2D eigenvalue weighted by atomic mass is 14.8. The number of rotatable bonds is 0. The number of para-hydroxylation sites is 1. The molecule has 0 bridgehead atoms. The van der Waals surface area contributed by atoms with E-state index in [2.05, 4.69) is 4.98 Å². The Balaban J connectivity index is 0.000000845. The molecule has 2 rings (SSSR count). The Morgan fingerprint density at radius 3 is 2.36 bits per heavy atom. The zero-order chi connectivity index (χ0) is 8.55. The minimum atomic E-state index is 0. The van der Waals surface area contributed by atoms with Gasteiger partial charge < -0.3 is 23.8 Å². The topological polar surface area (TPSA) is 135 Å². The maximum absolute atomic E-state index is 5.75. The van der Waals surface area contributed by atoms with Gasteiger partial charge in [0.15, 0.2) is 0 Å². The van der Waals surface area contributed by atoms with Crippen LogP contribution in [0.15, 0.2) is 30.5 Å². The van der Waals surface area contributed by atoms with E-state index >= 15 is 0 Å². The summed E-state index contributed by atoms with van der Waals surface area (Å²) in [5.74, 6) is 0. The molecule has 10 N–H and O–H groups in total. The highest BCUT2D eigenvalue weighted by Gasteiger charge is 2.00. The van der Waals surface area contributed by atoms with Crippen LogP contribution in [-0.4, -0.2) is 4.98 Å². The summed E-state index contributed by atoms with van der Waals surface area (Å²) in [5, 5.41) is 0.914. The van der Waals surface area contributed by atoms with Gasteiger partial charge in [0.1, 0.15) is 0 Å². The van der Waals surface area contributed by atoms with Crippen LogP contribution in [0.5, 0.6) is 0 Å². The van der Waals surface area contributed by atoms with E-state index in [1.54, 1.807) is 6.20 Å². The van der Waals surface area contributed by atoms with Crippen LogP contribution in [-0.2, 0) is 0 Å². The van der Waals surface area contributed by atoms with Crippen LogP contribution < -0.4 is 23.8 Å². The summed E-state index contributed by atoms with van der Waals surface area (Å²) in [7, 11) is 0. The lowest BCUT2D eigenvalue weighted by atomic mass is 10.2. The molecule has 76 valence electrons. The van der Waals surface area contributed by atoms with E-state index < -0.39 is 0 Å². The second-order valence-electron chi connectivity index (χ2n) is 2.64. The van der Waals surface area contributed by atoms with Crippen molar-refractivity contribution in [1.29, 1.82) is 0 Å². The third-order valence-corrected chi connectivity index (χ3v) is 1.85. The first-order chi connectivity index (χ1) is 5.79. The van der Waals surface area contributed by atoms with Crippen molar-refractivity contribution in [1.82, 2.24) is 17.3 Å². The maximum Gasteiger partial charge on any atom is 0.0740 e. The molecule has 0 spiro atoms. The zero-order valence-corrected chi connectivity index (χ0v) is 7.90. The predicted molar refractivity (Wildman–Crippen MR) is 60.6 cm³/mol. The van der Waals surface area contributed by atoms with Gasteiger partial charge in [-0.3, -0.25) is 4.98 Å². The molecule has 0 saturated carbocycles. The SMILES string of the molecule is N.N.Nc1cnc2ccccc2c1N. The summed E-state index contributed by atoms with van der Waals surface area (Å²) in [5.41, 5.74) is 13.4. The maximum atomic E-state index is 5.75. The van der Waals surface area contributed by atoms with Crippen LogP contribution in [0.1, 0.15) is 0 Å². The van der Waals surface area contributed by atoms with Gasteiger partial charge in [-0.25, -0.2) is 0 Å². The predicted octanol–water partition coefficient (Wildman–Crippen LogP) is 1.72. The van der Waals surface area contributed by atoms with E-state index in [9.17, 15) is 0 Å². The van der Waals surface area contributed by atoms with Crippen molar-refractivity contribution in [3.63, 3.8) is 0 Å². The molecular formula is C9H15N5. The monoisotopic (exact) mass is 193 g/mol. The van der Waals surface area contributed by atoms with Gasteiger partial charge in [-0.1, -0.05) is 18.2 Å². The van der Waals surface area contributed by atoms with E-state index in [1.165, 1.54) is 0 Å². The van der Waals surface area contributed by atoms with Crippen molar-refractivity contribution < 1.29 is 0 Å². The van der Waals surface area contributed by atoms with Crippen molar-refractivity contribution in [3.05, 3.63) is 30.5 Å². The lowest BCUT2D eigenvalue weighted by molar-refractivity contribution is 1.41. The number of nitrogens with two attached hydrogens (primary N) is 2. The van der Waals surface area contributed by atoms with Crippen molar-refractivity contribution in [2.45, 2.75) is 0 Å². The van der Waals surface area contributed by atoms with Crippen molar-refractivity contribution in [3.8, 4) is 0 Å². The second-order valence-corrected chi connectivity index (χ2v) is 2.64. The Morgan fingerprint density at radius 2 is 1.64 bits per heavy atom. The smallest absolute Gasteiger partial charge is 0.0740 e. The van der Waals surface area contributed by atoms with Crippen LogP contribution in [0.3, 0.4) is 0 Å². The van der Waals surface area contributed by atoms with E-state index in [1.807, 2.05) is 24.3 Å². The summed E-state index contributed by atoms with van der Waals surface area (Å²) < 4.78 is 0. The molecule has 14 heavy (non-hydrogen) atoms. The lowest BCUT2D eigenvalue weighted by Crippen LogP contribution is -1.96. The van der Waals surface area contributed by atoms with E-state index in [-0.39, 0.29) is 12.3 Å². The molecule has 2 aromatic rings. The first-order valence-corrected chi connectivity index (χ1v) is 3.68. The third kappa shape index (κ3) is 1.73. The van der Waals surface area contributed by atoms with Gasteiger partial charge in [-0.05, 0) is 6.07 Å². The van der Waals surface area contributed by atoms with E-state index in [0.29, 0.717) is 11.4 Å². The Morgan fingerprint density at radius 1 is 1.00 bits per heavy atom. The van der Waals surface area contributed by atoms with Crippen LogP contribution in [0, 0.1) is 0 Å². The molecule has 1 aromatic heterocycles. The molecule has 5 nitrogen and oxygen atoms in total.